The van der Waals surface area contributed by atoms with E-state index in [1.165, 1.54) is 25.7 Å². The average molecular weight is 250 g/mol. The second-order valence-corrected chi connectivity index (χ2v) is 4.74. The van der Waals surface area contributed by atoms with Crippen molar-refractivity contribution in [1.29, 1.82) is 0 Å². The molecule has 2 nitrogen and oxygen atoms in total. The van der Waals surface area contributed by atoms with Crippen molar-refractivity contribution < 1.29 is 0 Å². The zero-order chi connectivity index (χ0) is 12.3. The Bertz CT molecular complexity index is 322. The Labute approximate surface area is 109 Å². The van der Waals surface area contributed by atoms with Gasteiger partial charge in [-0.05, 0) is 24.8 Å². The molecular formula is C14H22N2S. The molecule has 0 atom stereocenters. The first-order chi connectivity index (χ1) is 8.36. The molecule has 0 fully saturated rings. The highest BCUT2D eigenvalue weighted by Crippen LogP contribution is 2.09. The number of hydrogen-bond donors (Lipinski definition) is 1. The van der Waals surface area contributed by atoms with Gasteiger partial charge in [0, 0.05) is 12.2 Å². The van der Waals surface area contributed by atoms with E-state index in [0.717, 1.165) is 17.4 Å². The Morgan fingerprint density at radius 3 is 2.59 bits per heavy atom. The number of aliphatic imine (C=N–C) groups is 1. The number of hydrogen-bond acceptors (Lipinski definition) is 2. The van der Waals surface area contributed by atoms with Gasteiger partial charge >= 0.3 is 0 Å². The fourth-order valence-electron chi connectivity index (χ4n) is 1.52. The maximum Gasteiger partial charge on any atom is 0.160 e. The van der Waals surface area contributed by atoms with Crippen LogP contribution in [0.1, 0.15) is 32.6 Å². The van der Waals surface area contributed by atoms with E-state index < -0.39 is 0 Å². The fraction of sp³-hybridized carbons (Fsp3) is 0.500. The first kappa shape index (κ1) is 14.1. The lowest BCUT2D eigenvalue weighted by atomic mass is 10.2. The lowest BCUT2D eigenvalue weighted by Gasteiger charge is -2.07. The van der Waals surface area contributed by atoms with Gasteiger partial charge in [0.15, 0.2) is 5.17 Å². The van der Waals surface area contributed by atoms with Crippen molar-refractivity contribution in [2.75, 3.05) is 18.1 Å². The minimum absolute atomic E-state index is 0.927. The van der Waals surface area contributed by atoms with Gasteiger partial charge < -0.3 is 5.32 Å². The van der Waals surface area contributed by atoms with Crippen LogP contribution in [0.15, 0.2) is 35.3 Å². The van der Waals surface area contributed by atoms with E-state index in [-0.39, 0.29) is 0 Å². The van der Waals surface area contributed by atoms with E-state index >= 15 is 0 Å². The summed E-state index contributed by atoms with van der Waals surface area (Å²) in [5.74, 6) is 0. The van der Waals surface area contributed by atoms with Crippen molar-refractivity contribution in [3.8, 4) is 0 Å². The third-order valence-electron chi connectivity index (χ3n) is 2.49. The summed E-state index contributed by atoms with van der Waals surface area (Å²) < 4.78 is 0. The predicted molar refractivity (Wildman–Crippen MR) is 80.0 cm³/mol. The van der Waals surface area contributed by atoms with Gasteiger partial charge in [-0.15, -0.1) is 0 Å². The van der Waals surface area contributed by atoms with Gasteiger partial charge in [0.2, 0.25) is 0 Å². The molecule has 0 radical (unpaired) electrons. The molecule has 0 heterocycles. The molecule has 17 heavy (non-hydrogen) atoms. The van der Waals surface area contributed by atoms with E-state index in [0.29, 0.717) is 0 Å². The van der Waals surface area contributed by atoms with Crippen LogP contribution in [-0.2, 0) is 0 Å². The Kier molecular flexibility index (Phi) is 7.56. The zero-order valence-corrected chi connectivity index (χ0v) is 11.6. The van der Waals surface area contributed by atoms with Crippen molar-refractivity contribution in [1.82, 2.24) is 0 Å². The van der Waals surface area contributed by atoms with Crippen LogP contribution in [0.25, 0.3) is 0 Å². The van der Waals surface area contributed by atoms with Crippen molar-refractivity contribution in [3.63, 3.8) is 0 Å². The Hall–Kier alpha value is -0.960. The third kappa shape index (κ3) is 6.37. The van der Waals surface area contributed by atoms with E-state index in [4.69, 9.17) is 0 Å². The molecule has 0 aliphatic heterocycles. The molecule has 3 heteroatoms. The average Bonchev–Trinajstić information content (AvgIpc) is 2.38. The second kappa shape index (κ2) is 9.11. The molecule has 0 saturated heterocycles. The van der Waals surface area contributed by atoms with Crippen LogP contribution in [0.4, 0.5) is 5.69 Å². The second-order valence-electron chi connectivity index (χ2n) is 3.94. The molecule has 0 amide bonds. The SMILES string of the molecule is CCCCCCN=C(Nc1ccccc1)SC. The van der Waals surface area contributed by atoms with E-state index in [1.807, 2.05) is 18.2 Å². The summed E-state index contributed by atoms with van der Waals surface area (Å²) in [7, 11) is 0. The standard InChI is InChI=1S/C14H22N2S/c1-3-4-5-9-12-15-14(17-2)16-13-10-7-6-8-11-13/h6-8,10-11H,3-5,9,12H2,1-2H3,(H,15,16). The van der Waals surface area contributed by atoms with E-state index in [2.05, 4.69) is 35.6 Å². The Balaban J connectivity index is 2.35. The molecule has 0 saturated carbocycles. The minimum Gasteiger partial charge on any atom is -0.335 e. The predicted octanol–water partition coefficient (Wildman–Crippen LogP) is 4.40. The summed E-state index contributed by atoms with van der Waals surface area (Å²) in [6, 6.07) is 10.2. The third-order valence-corrected chi connectivity index (χ3v) is 3.10. The van der Waals surface area contributed by atoms with Gasteiger partial charge in [-0.25, -0.2) is 0 Å². The van der Waals surface area contributed by atoms with Crippen LogP contribution in [0, 0.1) is 0 Å². The minimum atomic E-state index is 0.927. The van der Waals surface area contributed by atoms with Crippen LogP contribution in [-0.4, -0.2) is 18.0 Å². The number of thioether (sulfide) groups is 1. The number of nitrogens with one attached hydrogen (secondary N) is 1. The van der Waals surface area contributed by atoms with Gasteiger partial charge in [0.05, 0.1) is 0 Å². The van der Waals surface area contributed by atoms with Crippen molar-refractivity contribution >= 4 is 22.6 Å². The Morgan fingerprint density at radius 2 is 1.94 bits per heavy atom. The van der Waals surface area contributed by atoms with Gasteiger partial charge in [-0.2, -0.15) is 0 Å². The molecule has 0 aromatic heterocycles. The van der Waals surface area contributed by atoms with E-state index in [1.54, 1.807) is 11.8 Å². The molecule has 1 aromatic carbocycles. The van der Waals surface area contributed by atoms with E-state index in [9.17, 15) is 0 Å². The summed E-state index contributed by atoms with van der Waals surface area (Å²) in [4.78, 5) is 4.58. The molecule has 0 aliphatic carbocycles. The van der Waals surface area contributed by atoms with Crippen LogP contribution >= 0.6 is 11.8 Å². The number of para-hydroxylation sites is 1. The molecule has 94 valence electrons. The summed E-state index contributed by atoms with van der Waals surface area (Å²) in [6.07, 6.45) is 7.12. The first-order valence-corrected chi connectivity index (χ1v) is 7.49. The number of benzene rings is 1. The molecular weight excluding hydrogens is 228 g/mol. The zero-order valence-electron chi connectivity index (χ0n) is 10.8. The van der Waals surface area contributed by atoms with Gasteiger partial charge in [-0.3, -0.25) is 4.99 Å². The smallest absolute Gasteiger partial charge is 0.160 e. The normalized spacial score (nSPS) is 11.5. The summed E-state index contributed by atoms with van der Waals surface area (Å²) in [6.45, 7) is 3.16. The first-order valence-electron chi connectivity index (χ1n) is 6.27. The van der Waals surface area contributed by atoms with Gasteiger partial charge in [-0.1, -0.05) is 56.1 Å². The topological polar surface area (TPSA) is 24.4 Å². The molecule has 1 N–H and O–H groups in total. The largest absolute Gasteiger partial charge is 0.335 e. The lowest BCUT2D eigenvalue weighted by molar-refractivity contribution is 0.675. The van der Waals surface area contributed by atoms with Crippen LogP contribution in [0.3, 0.4) is 0 Å². The maximum absolute atomic E-state index is 4.58. The highest BCUT2D eigenvalue weighted by atomic mass is 32.2. The maximum atomic E-state index is 4.58. The van der Waals surface area contributed by atoms with Crippen LogP contribution < -0.4 is 5.32 Å². The number of anilines is 1. The van der Waals surface area contributed by atoms with Gasteiger partial charge in [0.25, 0.3) is 0 Å². The number of unbranched alkanes of at least 4 members (excludes halogenated alkanes) is 3. The number of rotatable bonds is 6. The summed E-state index contributed by atoms with van der Waals surface area (Å²) >= 11 is 1.67. The quantitative estimate of drug-likeness (QED) is 0.460. The lowest BCUT2D eigenvalue weighted by Crippen LogP contribution is -2.07. The number of amidine groups is 1. The summed E-state index contributed by atoms with van der Waals surface area (Å²) in [5.41, 5.74) is 1.11. The van der Waals surface area contributed by atoms with Crippen molar-refractivity contribution in [2.45, 2.75) is 32.6 Å². The highest BCUT2D eigenvalue weighted by Gasteiger charge is 1.97. The van der Waals surface area contributed by atoms with Crippen LogP contribution in [0.5, 0.6) is 0 Å². The van der Waals surface area contributed by atoms with Gasteiger partial charge in [0.1, 0.15) is 0 Å². The number of nitrogens with zero attached hydrogens (tertiary/aromatic N) is 1. The van der Waals surface area contributed by atoms with Crippen LogP contribution in [0.2, 0.25) is 0 Å². The molecule has 0 aliphatic rings. The molecule has 0 spiro atoms. The molecule has 0 bridgehead atoms. The Morgan fingerprint density at radius 1 is 1.18 bits per heavy atom. The van der Waals surface area contributed by atoms with Crippen molar-refractivity contribution in [3.05, 3.63) is 30.3 Å². The highest BCUT2D eigenvalue weighted by molar-refractivity contribution is 8.13. The summed E-state index contributed by atoms with van der Waals surface area (Å²) in [5, 5.41) is 4.34. The van der Waals surface area contributed by atoms with Crippen molar-refractivity contribution in [2.24, 2.45) is 4.99 Å². The molecule has 0 unspecified atom stereocenters. The molecule has 1 rings (SSSR count). The monoisotopic (exact) mass is 250 g/mol. The molecule has 1 aromatic rings. The fourth-order valence-corrected chi connectivity index (χ4v) is 1.96.